The van der Waals surface area contributed by atoms with Crippen LogP contribution in [0.15, 0.2) is 42.6 Å². The van der Waals surface area contributed by atoms with Crippen LogP contribution in [-0.4, -0.2) is 36.1 Å². The van der Waals surface area contributed by atoms with Crippen LogP contribution in [0.5, 0.6) is 0 Å². The lowest BCUT2D eigenvalue weighted by Gasteiger charge is -2.21. The maximum absolute atomic E-state index is 12.4. The molecule has 0 bridgehead atoms. The van der Waals surface area contributed by atoms with Crippen LogP contribution in [0.2, 0.25) is 0 Å². The summed E-state index contributed by atoms with van der Waals surface area (Å²) < 4.78 is 0. The van der Waals surface area contributed by atoms with Gasteiger partial charge in [-0.3, -0.25) is 14.7 Å². The van der Waals surface area contributed by atoms with Crippen LogP contribution in [0, 0.1) is 6.20 Å². The van der Waals surface area contributed by atoms with Gasteiger partial charge in [-0.15, -0.1) is 0 Å². The van der Waals surface area contributed by atoms with E-state index in [1.54, 1.807) is 6.20 Å². The summed E-state index contributed by atoms with van der Waals surface area (Å²) >= 11 is 0. The average Bonchev–Trinajstić information content (AvgIpc) is 2.48. The van der Waals surface area contributed by atoms with Crippen molar-refractivity contribution < 1.29 is 4.79 Å². The van der Waals surface area contributed by atoms with Crippen molar-refractivity contribution in [3.63, 3.8) is 0 Å². The lowest BCUT2D eigenvalue weighted by Crippen LogP contribution is -2.42. The molecule has 1 N–H and O–H groups in total. The molecule has 0 aliphatic heterocycles. The van der Waals surface area contributed by atoms with Gasteiger partial charge in [-0.2, -0.15) is 0 Å². The largest absolute Gasteiger partial charge is 0.337 e. The Labute approximate surface area is 119 Å². The molecule has 1 amide bonds. The molecule has 2 rings (SSSR count). The van der Waals surface area contributed by atoms with Crippen LogP contribution in [0.3, 0.4) is 0 Å². The van der Waals surface area contributed by atoms with Crippen LogP contribution < -0.4 is 5.32 Å². The highest BCUT2D eigenvalue weighted by molar-refractivity contribution is 6.00. The van der Waals surface area contributed by atoms with Crippen LogP contribution >= 0.6 is 0 Å². The Hall–Kier alpha value is -2.20. The highest BCUT2D eigenvalue weighted by atomic mass is 16.1. The number of amides is 1. The Kier molecular flexibility index (Phi) is 4.48. The molecule has 0 fully saturated rings. The molecule has 0 aliphatic rings. The molecule has 1 unspecified atom stereocenters. The van der Waals surface area contributed by atoms with E-state index >= 15 is 0 Å². The molecule has 0 spiro atoms. The normalized spacial score (nSPS) is 12.2. The van der Waals surface area contributed by atoms with E-state index in [0.717, 1.165) is 11.1 Å². The zero-order chi connectivity index (χ0) is 14.5. The number of nitrogens with one attached hydrogen (secondary N) is 1. The van der Waals surface area contributed by atoms with E-state index < -0.39 is 0 Å². The third-order valence-electron chi connectivity index (χ3n) is 3.18. The first-order valence-electron chi connectivity index (χ1n) is 6.49. The molecule has 1 aromatic carbocycles. The minimum atomic E-state index is -0.0981. The van der Waals surface area contributed by atoms with Gasteiger partial charge in [0, 0.05) is 17.3 Å². The van der Waals surface area contributed by atoms with Gasteiger partial charge < -0.3 is 5.32 Å². The second-order valence-electron chi connectivity index (χ2n) is 4.82. The summed E-state index contributed by atoms with van der Waals surface area (Å²) in [6, 6.07) is 11.2. The summed E-state index contributed by atoms with van der Waals surface area (Å²) in [5.41, 5.74) is 2.28. The molecule has 1 heterocycles. The van der Waals surface area contributed by atoms with Crippen LogP contribution in [0.1, 0.15) is 17.3 Å². The summed E-state index contributed by atoms with van der Waals surface area (Å²) in [6.07, 6.45) is 4.55. The van der Waals surface area contributed by atoms with E-state index in [4.69, 9.17) is 0 Å². The monoisotopic (exact) mass is 268 g/mol. The number of carbonyl (C=O) groups is 1. The minimum absolute atomic E-state index is 0.0339. The molecule has 0 saturated carbocycles. The van der Waals surface area contributed by atoms with Gasteiger partial charge in [0.05, 0.1) is 12.4 Å². The first-order chi connectivity index (χ1) is 9.59. The fourth-order valence-corrected chi connectivity index (χ4v) is 1.79. The zero-order valence-electron chi connectivity index (χ0n) is 11.9. The van der Waals surface area contributed by atoms with E-state index in [-0.39, 0.29) is 12.1 Å². The first-order valence-corrected chi connectivity index (χ1v) is 6.49. The third-order valence-corrected chi connectivity index (χ3v) is 3.18. The number of hydrogen-bond acceptors (Lipinski definition) is 3. The molecule has 4 heteroatoms. The van der Waals surface area contributed by atoms with Crippen LogP contribution in [0.4, 0.5) is 0 Å². The summed E-state index contributed by atoms with van der Waals surface area (Å²) in [6.45, 7) is 1.94. The lowest BCUT2D eigenvalue weighted by atomic mass is 10.0. The van der Waals surface area contributed by atoms with E-state index in [2.05, 4.69) is 16.5 Å². The van der Waals surface area contributed by atoms with Crippen molar-refractivity contribution in [2.45, 2.75) is 13.1 Å². The van der Waals surface area contributed by atoms with E-state index in [1.807, 2.05) is 62.3 Å². The summed E-state index contributed by atoms with van der Waals surface area (Å²) in [5.74, 6) is -0.0981. The molecule has 103 valence electrons. The Bertz CT molecular complexity index is 581. The molecule has 20 heavy (non-hydrogen) atoms. The minimum Gasteiger partial charge on any atom is -0.337 e. The first kappa shape index (κ1) is 14.2. The summed E-state index contributed by atoms with van der Waals surface area (Å²) in [4.78, 5) is 18.3. The number of aromatic nitrogens is 1. The van der Waals surface area contributed by atoms with E-state index in [0.29, 0.717) is 5.56 Å². The summed E-state index contributed by atoms with van der Waals surface area (Å²) in [5, 5.41) is 2.96. The molecule has 1 atom stereocenters. The Balaban J connectivity index is 2.31. The molecular weight excluding hydrogens is 250 g/mol. The molecule has 0 aliphatic carbocycles. The number of nitrogens with zero attached hydrogens (tertiary/aromatic N) is 2. The van der Waals surface area contributed by atoms with E-state index in [1.165, 1.54) is 0 Å². The van der Waals surface area contributed by atoms with Crippen molar-refractivity contribution in [2.75, 3.05) is 14.1 Å². The molecule has 1 radical (unpaired) electrons. The third kappa shape index (κ3) is 3.22. The van der Waals surface area contributed by atoms with Gasteiger partial charge in [0.15, 0.2) is 0 Å². The van der Waals surface area contributed by atoms with Gasteiger partial charge in [-0.05, 0) is 38.7 Å². The number of pyridine rings is 1. The Morgan fingerprint density at radius 1 is 1.25 bits per heavy atom. The number of hydrogen-bond donors (Lipinski definition) is 1. The summed E-state index contributed by atoms with van der Waals surface area (Å²) in [7, 11) is 3.84. The van der Waals surface area contributed by atoms with Gasteiger partial charge >= 0.3 is 0 Å². The van der Waals surface area contributed by atoms with E-state index in [9.17, 15) is 4.79 Å². The van der Waals surface area contributed by atoms with Gasteiger partial charge in [-0.25, -0.2) is 0 Å². The number of rotatable bonds is 4. The zero-order valence-corrected chi connectivity index (χ0v) is 11.9. The Morgan fingerprint density at radius 3 is 2.65 bits per heavy atom. The predicted octanol–water partition coefficient (Wildman–Crippen LogP) is 2.19. The highest BCUT2D eigenvalue weighted by Gasteiger charge is 2.15. The fraction of sp³-hybridized carbons (Fsp3) is 0.250. The second kappa shape index (κ2) is 6.30. The van der Waals surface area contributed by atoms with Crippen LogP contribution in [0.25, 0.3) is 11.1 Å². The molecule has 1 aromatic heterocycles. The van der Waals surface area contributed by atoms with Crippen molar-refractivity contribution in [1.29, 1.82) is 0 Å². The molecule has 0 saturated heterocycles. The van der Waals surface area contributed by atoms with Crippen molar-refractivity contribution >= 4 is 5.91 Å². The quantitative estimate of drug-likeness (QED) is 0.865. The number of carbonyl (C=O) groups excluding carboxylic acids is 1. The van der Waals surface area contributed by atoms with Crippen molar-refractivity contribution in [3.8, 4) is 11.1 Å². The fourth-order valence-electron chi connectivity index (χ4n) is 1.79. The smallest absolute Gasteiger partial charge is 0.253 e. The van der Waals surface area contributed by atoms with Crippen molar-refractivity contribution in [1.82, 2.24) is 15.2 Å². The van der Waals surface area contributed by atoms with Gasteiger partial charge in [0.1, 0.15) is 0 Å². The topological polar surface area (TPSA) is 45.2 Å². The predicted molar refractivity (Wildman–Crippen MR) is 79.1 cm³/mol. The molecule has 2 aromatic rings. The maximum atomic E-state index is 12.4. The van der Waals surface area contributed by atoms with Crippen LogP contribution in [-0.2, 0) is 0 Å². The average molecular weight is 268 g/mol. The highest BCUT2D eigenvalue weighted by Crippen LogP contribution is 2.22. The second-order valence-corrected chi connectivity index (χ2v) is 4.82. The molecule has 4 nitrogen and oxygen atoms in total. The van der Waals surface area contributed by atoms with Gasteiger partial charge in [0.25, 0.3) is 5.91 Å². The Morgan fingerprint density at radius 2 is 2.00 bits per heavy atom. The standard InChI is InChI=1S/C16H18N3O/c1-12(19(2)3)18-16(20)15-9-5-4-8-14(15)13-7-6-10-17-11-13/h4-10,12H,1-3H3,(H,18,20). The lowest BCUT2D eigenvalue weighted by molar-refractivity contribution is 0.0901. The van der Waals surface area contributed by atoms with Crippen molar-refractivity contribution in [2.24, 2.45) is 0 Å². The molecular formula is C16H18N3O. The van der Waals surface area contributed by atoms with Gasteiger partial charge in [0.2, 0.25) is 0 Å². The van der Waals surface area contributed by atoms with Crippen molar-refractivity contribution in [3.05, 3.63) is 54.4 Å². The number of benzene rings is 1. The maximum Gasteiger partial charge on any atom is 0.253 e. The van der Waals surface area contributed by atoms with Gasteiger partial charge in [-0.1, -0.05) is 24.3 Å². The SMILES string of the molecule is CC(NC(=O)c1ccccc1-c1[c]nccc1)N(C)C.